The van der Waals surface area contributed by atoms with E-state index >= 15 is 0 Å². The lowest BCUT2D eigenvalue weighted by Gasteiger charge is -2.17. The highest BCUT2D eigenvalue weighted by molar-refractivity contribution is 7.98. The molecular weight excluding hydrogens is 182 g/mol. The van der Waals surface area contributed by atoms with Gasteiger partial charge in [0.15, 0.2) is 5.78 Å². The third kappa shape index (κ3) is 1.49. The molecule has 1 aromatic carbocycles. The van der Waals surface area contributed by atoms with Crippen molar-refractivity contribution in [3.05, 3.63) is 29.3 Å². The van der Waals surface area contributed by atoms with Gasteiger partial charge in [0.25, 0.3) is 0 Å². The summed E-state index contributed by atoms with van der Waals surface area (Å²) in [5.74, 6) is 0.214. The summed E-state index contributed by atoms with van der Waals surface area (Å²) >= 11 is 1.64. The first-order valence-corrected chi connectivity index (χ1v) is 5.45. The van der Waals surface area contributed by atoms with Crippen LogP contribution in [-0.2, 0) is 6.54 Å². The minimum Gasteiger partial charge on any atom is -0.306 e. The summed E-state index contributed by atoms with van der Waals surface area (Å²) in [6, 6.07) is 6.02. The Morgan fingerprint density at radius 1 is 1.38 bits per heavy atom. The van der Waals surface area contributed by atoms with E-state index in [0.717, 1.165) is 22.6 Å². The Kier molecular flexibility index (Phi) is 2.38. The molecule has 0 radical (unpaired) electrons. The Morgan fingerprint density at radius 2 is 2.23 bits per heavy atom. The maximum absolute atomic E-state index is 11.6. The lowest BCUT2D eigenvalue weighted by Crippen LogP contribution is -2.30. The largest absolute Gasteiger partial charge is 0.306 e. The first-order valence-electron chi connectivity index (χ1n) is 4.22. The highest BCUT2D eigenvalue weighted by atomic mass is 32.2. The second kappa shape index (κ2) is 3.52. The first-order chi connectivity index (χ1) is 6.33. The highest BCUT2D eigenvalue weighted by Gasteiger charge is 2.19. The second-order valence-corrected chi connectivity index (χ2v) is 3.87. The van der Waals surface area contributed by atoms with Crippen molar-refractivity contribution < 1.29 is 4.79 Å². The fourth-order valence-electron chi connectivity index (χ4n) is 1.61. The Labute approximate surface area is 81.7 Å². The van der Waals surface area contributed by atoms with Crippen molar-refractivity contribution in [2.75, 3.05) is 12.8 Å². The van der Waals surface area contributed by atoms with Gasteiger partial charge < -0.3 is 5.32 Å². The third-order valence-electron chi connectivity index (χ3n) is 2.21. The average Bonchev–Trinajstić information content (AvgIpc) is 2.17. The molecule has 1 aliphatic heterocycles. The molecule has 1 N–H and O–H groups in total. The van der Waals surface area contributed by atoms with Crippen LogP contribution < -0.4 is 5.32 Å². The molecule has 13 heavy (non-hydrogen) atoms. The zero-order valence-electron chi connectivity index (χ0n) is 7.46. The highest BCUT2D eigenvalue weighted by Crippen LogP contribution is 2.25. The van der Waals surface area contributed by atoms with E-state index < -0.39 is 0 Å². The van der Waals surface area contributed by atoms with Crippen LogP contribution in [0.5, 0.6) is 0 Å². The lowest BCUT2D eigenvalue weighted by molar-refractivity contribution is 0.0979. The number of thioether (sulfide) groups is 1. The van der Waals surface area contributed by atoms with Gasteiger partial charge in [0.1, 0.15) is 0 Å². The zero-order chi connectivity index (χ0) is 9.26. The van der Waals surface area contributed by atoms with Gasteiger partial charge in [-0.15, -0.1) is 11.8 Å². The smallest absolute Gasteiger partial charge is 0.178 e. The maximum atomic E-state index is 11.6. The molecule has 1 aliphatic rings. The monoisotopic (exact) mass is 193 g/mol. The molecule has 0 bridgehead atoms. The van der Waals surface area contributed by atoms with Crippen LogP contribution in [-0.4, -0.2) is 18.6 Å². The maximum Gasteiger partial charge on any atom is 0.178 e. The summed E-state index contributed by atoms with van der Waals surface area (Å²) in [7, 11) is 0. The second-order valence-electron chi connectivity index (χ2n) is 3.02. The van der Waals surface area contributed by atoms with Crippen molar-refractivity contribution >= 4 is 17.5 Å². The van der Waals surface area contributed by atoms with Gasteiger partial charge in [0, 0.05) is 17.0 Å². The molecule has 1 heterocycles. The molecule has 2 rings (SSSR count). The number of hydrogen-bond donors (Lipinski definition) is 1. The summed E-state index contributed by atoms with van der Waals surface area (Å²) in [6.07, 6.45) is 2.00. The van der Waals surface area contributed by atoms with Gasteiger partial charge in [-0.1, -0.05) is 12.1 Å². The number of carbonyl (C=O) groups excluding carboxylic acids is 1. The van der Waals surface area contributed by atoms with E-state index in [9.17, 15) is 4.79 Å². The lowest BCUT2D eigenvalue weighted by atomic mass is 10.0. The van der Waals surface area contributed by atoms with Gasteiger partial charge in [0.2, 0.25) is 0 Å². The fraction of sp³-hybridized carbons (Fsp3) is 0.300. The number of rotatable bonds is 1. The molecule has 0 atom stereocenters. The molecule has 0 amide bonds. The number of Topliss-reactive ketones (excluding diaryl/α,β-unsaturated/α-hetero) is 1. The molecule has 68 valence electrons. The third-order valence-corrected chi connectivity index (χ3v) is 2.99. The SMILES string of the molecule is CSc1cccc2c1C(=O)CNC2. The van der Waals surface area contributed by atoms with Crippen LogP contribution in [0.2, 0.25) is 0 Å². The number of benzene rings is 1. The van der Waals surface area contributed by atoms with Gasteiger partial charge in [-0.05, 0) is 17.9 Å². The van der Waals surface area contributed by atoms with Gasteiger partial charge in [-0.2, -0.15) is 0 Å². The summed E-state index contributed by atoms with van der Waals surface area (Å²) in [5.41, 5.74) is 2.05. The number of hydrogen-bond acceptors (Lipinski definition) is 3. The van der Waals surface area contributed by atoms with Gasteiger partial charge >= 0.3 is 0 Å². The number of fused-ring (bicyclic) bond motifs is 1. The standard InChI is InChI=1S/C10H11NOS/c1-13-9-4-2-3-7-5-11-6-8(12)10(7)9/h2-4,11H,5-6H2,1H3. The van der Waals surface area contributed by atoms with Crippen molar-refractivity contribution in [3.8, 4) is 0 Å². The summed E-state index contributed by atoms with van der Waals surface area (Å²) in [4.78, 5) is 12.7. The number of carbonyl (C=O) groups is 1. The van der Waals surface area contributed by atoms with Crippen molar-refractivity contribution in [3.63, 3.8) is 0 Å². The molecule has 2 nitrogen and oxygen atoms in total. The predicted molar refractivity (Wildman–Crippen MR) is 54.3 cm³/mol. The summed E-state index contributed by atoms with van der Waals surface area (Å²) < 4.78 is 0. The Bertz CT molecular complexity index is 335. The molecule has 0 saturated carbocycles. The van der Waals surface area contributed by atoms with Crippen LogP contribution >= 0.6 is 11.8 Å². The van der Waals surface area contributed by atoms with Gasteiger partial charge in [-0.3, -0.25) is 4.79 Å². The molecule has 0 saturated heterocycles. The van der Waals surface area contributed by atoms with E-state index in [1.807, 2.05) is 24.5 Å². The van der Waals surface area contributed by atoms with E-state index in [1.165, 1.54) is 0 Å². The average molecular weight is 193 g/mol. The van der Waals surface area contributed by atoms with Crippen LogP contribution in [0.1, 0.15) is 15.9 Å². The van der Waals surface area contributed by atoms with Crippen molar-refractivity contribution in [1.82, 2.24) is 5.32 Å². The van der Waals surface area contributed by atoms with E-state index in [1.54, 1.807) is 11.8 Å². The van der Waals surface area contributed by atoms with Crippen molar-refractivity contribution in [1.29, 1.82) is 0 Å². The number of ketones is 1. The van der Waals surface area contributed by atoms with E-state index in [2.05, 4.69) is 5.32 Å². The van der Waals surface area contributed by atoms with Crippen LogP contribution in [0.25, 0.3) is 0 Å². The summed E-state index contributed by atoms with van der Waals surface area (Å²) in [5, 5.41) is 3.08. The molecular formula is C10H11NOS. The quantitative estimate of drug-likeness (QED) is 0.688. The van der Waals surface area contributed by atoms with Crippen molar-refractivity contribution in [2.24, 2.45) is 0 Å². The zero-order valence-corrected chi connectivity index (χ0v) is 8.28. The van der Waals surface area contributed by atoms with Crippen LogP contribution in [0.3, 0.4) is 0 Å². The van der Waals surface area contributed by atoms with Crippen molar-refractivity contribution in [2.45, 2.75) is 11.4 Å². The molecule has 0 spiro atoms. The Balaban J connectivity index is 2.56. The molecule has 1 aromatic rings. The van der Waals surface area contributed by atoms with Gasteiger partial charge in [0.05, 0.1) is 6.54 Å². The molecule has 0 aromatic heterocycles. The fourth-order valence-corrected chi connectivity index (χ4v) is 2.27. The van der Waals surface area contributed by atoms with Gasteiger partial charge in [-0.25, -0.2) is 0 Å². The number of nitrogens with one attached hydrogen (secondary N) is 1. The minimum atomic E-state index is 0.214. The first kappa shape index (κ1) is 8.78. The Morgan fingerprint density at radius 3 is 3.00 bits per heavy atom. The van der Waals surface area contributed by atoms with E-state index in [-0.39, 0.29) is 5.78 Å². The molecule has 0 aliphatic carbocycles. The topological polar surface area (TPSA) is 29.1 Å². The van der Waals surface area contributed by atoms with Crippen LogP contribution in [0, 0.1) is 0 Å². The van der Waals surface area contributed by atoms with E-state index in [0.29, 0.717) is 6.54 Å². The molecule has 0 fully saturated rings. The van der Waals surface area contributed by atoms with E-state index in [4.69, 9.17) is 0 Å². The predicted octanol–water partition coefficient (Wildman–Crippen LogP) is 1.69. The molecule has 0 unspecified atom stereocenters. The summed E-state index contributed by atoms with van der Waals surface area (Å²) in [6.45, 7) is 1.29. The minimum absolute atomic E-state index is 0.214. The Hall–Kier alpha value is -0.800. The normalized spacial score (nSPS) is 15.6. The molecule has 3 heteroatoms. The van der Waals surface area contributed by atoms with Crippen LogP contribution in [0.15, 0.2) is 23.1 Å². The van der Waals surface area contributed by atoms with Crippen LogP contribution in [0.4, 0.5) is 0 Å².